The van der Waals surface area contributed by atoms with E-state index in [1.165, 1.54) is 5.56 Å². The summed E-state index contributed by atoms with van der Waals surface area (Å²) >= 11 is 0. The normalized spacial score (nSPS) is 24.6. The van der Waals surface area contributed by atoms with Crippen LogP contribution in [-0.2, 0) is 16.1 Å². The van der Waals surface area contributed by atoms with Gasteiger partial charge in [-0.05, 0) is 12.5 Å². The molecule has 1 heterocycles. The van der Waals surface area contributed by atoms with Gasteiger partial charge in [-0.15, -0.1) is 0 Å². The molecule has 0 spiro atoms. The van der Waals surface area contributed by atoms with Crippen LogP contribution in [0, 0.1) is 0 Å². The van der Waals surface area contributed by atoms with E-state index in [1.54, 1.807) is 0 Å². The van der Waals surface area contributed by atoms with Crippen LogP contribution < -0.4 is 0 Å². The summed E-state index contributed by atoms with van der Waals surface area (Å²) in [7, 11) is 0. The molecule has 2 atom stereocenters. The van der Waals surface area contributed by atoms with Crippen molar-refractivity contribution in [2.24, 2.45) is 0 Å². The molecule has 15 heavy (non-hydrogen) atoms. The second kappa shape index (κ2) is 5.10. The maximum absolute atomic E-state index is 5.56. The molecular formula is C13H16O2. The van der Waals surface area contributed by atoms with Gasteiger partial charge >= 0.3 is 0 Å². The molecule has 0 saturated carbocycles. The van der Waals surface area contributed by atoms with Crippen LogP contribution in [-0.4, -0.2) is 18.8 Å². The number of epoxide rings is 1. The average molecular weight is 204 g/mol. The van der Waals surface area contributed by atoms with E-state index < -0.39 is 0 Å². The van der Waals surface area contributed by atoms with Gasteiger partial charge in [0, 0.05) is 0 Å². The molecule has 0 aromatic heterocycles. The first-order valence-electron chi connectivity index (χ1n) is 5.30. The summed E-state index contributed by atoms with van der Waals surface area (Å²) in [5.74, 6) is 0. The van der Waals surface area contributed by atoms with Crippen LogP contribution in [0.5, 0.6) is 0 Å². The van der Waals surface area contributed by atoms with Crippen molar-refractivity contribution in [1.82, 2.24) is 0 Å². The minimum atomic E-state index is 0.268. The summed E-state index contributed by atoms with van der Waals surface area (Å²) < 4.78 is 10.9. The van der Waals surface area contributed by atoms with Crippen molar-refractivity contribution in [1.29, 1.82) is 0 Å². The Kier molecular flexibility index (Phi) is 3.54. The van der Waals surface area contributed by atoms with Gasteiger partial charge in [0.2, 0.25) is 0 Å². The highest BCUT2D eigenvalue weighted by molar-refractivity contribution is 5.13. The molecule has 0 N–H and O–H groups in total. The molecular weight excluding hydrogens is 188 g/mol. The molecule has 0 unspecified atom stereocenters. The third kappa shape index (κ3) is 3.18. The molecule has 0 radical (unpaired) electrons. The summed E-state index contributed by atoms with van der Waals surface area (Å²) in [5, 5.41) is 0. The molecule has 1 aromatic rings. The maximum Gasteiger partial charge on any atom is 0.111 e. The third-order valence-electron chi connectivity index (χ3n) is 2.40. The van der Waals surface area contributed by atoms with Crippen molar-refractivity contribution < 1.29 is 9.47 Å². The zero-order valence-electron chi connectivity index (χ0n) is 8.93. The van der Waals surface area contributed by atoms with Crippen LogP contribution >= 0.6 is 0 Å². The Morgan fingerprint density at radius 2 is 2.13 bits per heavy atom. The summed E-state index contributed by atoms with van der Waals surface area (Å²) in [6.45, 7) is 3.36. The molecule has 2 rings (SSSR count). The van der Waals surface area contributed by atoms with E-state index in [4.69, 9.17) is 9.47 Å². The van der Waals surface area contributed by atoms with E-state index >= 15 is 0 Å². The fraction of sp³-hybridized carbons (Fsp3) is 0.385. The summed E-state index contributed by atoms with van der Waals surface area (Å²) in [4.78, 5) is 0. The van der Waals surface area contributed by atoms with Crippen molar-refractivity contribution >= 4 is 0 Å². The standard InChI is InChI=1S/C13H16O2/c1-2-6-12-13(15-12)10-14-9-11-7-4-3-5-8-11/h2-8,12-13H,9-10H2,1H3/b6-2+/t12-,13-/m1/s1. The molecule has 1 saturated heterocycles. The summed E-state index contributed by atoms with van der Waals surface area (Å²) in [6, 6.07) is 10.2. The molecule has 1 aliphatic rings. The number of allylic oxidation sites excluding steroid dienone is 1. The van der Waals surface area contributed by atoms with Gasteiger partial charge in [-0.25, -0.2) is 0 Å². The van der Waals surface area contributed by atoms with Gasteiger partial charge in [-0.3, -0.25) is 0 Å². The number of hydrogen-bond acceptors (Lipinski definition) is 2. The Bertz CT molecular complexity index is 319. The highest BCUT2D eigenvalue weighted by Gasteiger charge is 2.36. The average Bonchev–Trinajstić information content (AvgIpc) is 2.99. The molecule has 0 amide bonds. The van der Waals surface area contributed by atoms with Crippen LogP contribution in [0.3, 0.4) is 0 Å². The second-order valence-electron chi connectivity index (χ2n) is 3.67. The molecule has 2 nitrogen and oxygen atoms in total. The highest BCUT2D eigenvalue weighted by Crippen LogP contribution is 2.23. The van der Waals surface area contributed by atoms with Gasteiger partial charge in [0.05, 0.1) is 13.2 Å². The van der Waals surface area contributed by atoms with Crippen molar-refractivity contribution in [3.05, 3.63) is 48.0 Å². The van der Waals surface area contributed by atoms with Gasteiger partial charge in [0.1, 0.15) is 12.2 Å². The van der Waals surface area contributed by atoms with Gasteiger partial charge < -0.3 is 9.47 Å². The fourth-order valence-corrected chi connectivity index (χ4v) is 1.52. The van der Waals surface area contributed by atoms with Gasteiger partial charge in [0.15, 0.2) is 0 Å². The quantitative estimate of drug-likeness (QED) is 0.543. The predicted octanol–water partition coefficient (Wildman–Crippen LogP) is 2.55. The Labute approximate surface area is 90.5 Å². The SMILES string of the molecule is C/C=C/[C@H]1O[C@@H]1COCc1ccccc1. The molecule has 1 aliphatic heterocycles. The van der Waals surface area contributed by atoms with Crippen molar-refractivity contribution in [2.75, 3.05) is 6.61 Å². The highest BCUT2D eigenvalue weighted by atomic mass is 16.6. The second-order valence-corrected chi connectivity index (χ2v) is 3.67. The minimum absolute atomic E-state index is 0.268. The lowest BCUT2D eigenvalue weighted by Gasteiger charge is -2.01. The monoisotopic (exact) mass is 204 g/mol. The fourth-order valence-electron chi connectivity index (χ4n) is 1.52. The minimum Gasteiger partial charge on any atom is -0.374 e. The van der Waals surface area contributed by atoms with E-state index in [0.717, 1.165) is 0 Å². The third-order valence-corrected chi connectivity index (χ3v) is 2.40. The first-order chi connectivity index (χ1) is 7.40. The van der Waals surface area contributed by atoms with Crippen LogP contribution in [0.25, 0.3) is 0 Å². The van der Waals surface area contributed by atoms with Gasteiger partial charge in [-0.1, -0.05) is 42.5 Å². The van der Waals surface area contributed by atoms with Crippen LogP contribution in [0.4, 0.5) is 0 Å². The van der Waals surface area contributed by atoms with Crippen molar-refractivity contribution in [2.45, 2.75) is 25.7 Å². The zero-order valence-corrected chi connectivity index (χ0v) is 8.93. The molecule has 0 bridgehead atoms. The first kappa shape index (κ1) is 10.4. The Balaban J connectivity index is 1.64. The Hall–Kier alpha value is -1.12. The smallest absolute Gasteiger partial charge is 0.111 e. The lowest BCUT2D eigenvalue weighted by molar-refractivity contribution is 0.104. The Morgan fingerprint density at radius 3 is 2.87 bits per heavy atom. The lowest BCUT2D eigenvalue weighted by Crippen LogP contribution is -2.03. The van der Waals surface area contributed by atoms with E-state index in [0.29, 0.717) is 13.2 Å². The molecule has 80 valence electrons. The van der Waals surface area contributed by atoms with Crippen LogP contribution in [0.15, 0.2) is 42.5 Å². The van der Waals surface area contributed by atoms with Crippen molar-refractivity contribution in [3.63, 3.8) is 0 Å². The van der Waals surface area contributed by atoms with Gasteiger partial charge in [-0.2, -0.15) is 0 Å². The Morgan fingerprint density at radius 1 is 1.33 bits per heavy atom. The topological polar surface area (TPSA) is 21.8 Å². The first-order valence-corrected chi connectivity index (χ1v) is 5.30. The molecule has 1 fully saturated rings. The number of benzene rings is 1. The van der Waals surface area contributed by atoms with E-state index in [2.05, 4.69) is 18.2 Å². The zero-order chi connectivity index (χ0) is 10.5. The van der Waals surface area contributed by atoms with E-state index in [-0.39, 0.29) is 12.2 Å². The largest absolute Gasteiger partial charge is 0.374 e. The maximum atomic E-state index is 5.56. The summed E-state index contributed by atoms with van der Waals surface area (Å²) in [6.07, 6.45) is 4.63. The number of ether oxygens (including phenoxy) is 2. The molecule has 1 aromatic carbocycles. The van der Waals surface area contributed by atoms with Crippen LogP contribution in [0.1, 0.15) is 12.5 Å². The predicted molar refractivity (Wildman–Crippen MR) is 59.6 cm³/mol. The number of hydrogen-bond donors (Lipinski definition) is 0. The molecule has 2 heteroatoms. The summed E-state index contributed by atoms with van der Waals surface area (Å²) in [5.41, 5.74) is 1.21. The van der Waals surface area contributed by atoms with E-state index in [1.807, 2.05) is 31.2 Å². The van der Waals surface area contributed by atoms with Crippen LogP contribution in [0.2, 0.25) is 0 Å². The number of rotatable bonds is 5. The van der Waals surface area contributed by atoms with Crippen molar-refractivity contribution in [3.8, 4) is 0 Å². The van der Waals surface area contributed by atoms with Gasteiger partial charge in [0.25, 0.3) is 0 Å². The van der Waals surface area contributed by atoms with E-state index in [9.17, 15) is 0 Å². The lowest BCUT2D eigenvalue weighted by atomic mass is 10.2. The molecule has 0 aliphatic carbocycles.